The number of piperidine rings is 1. The van der Waals surface area contributed by atoms with Crippen molar-refractivity contribution in [2.75, 3.05) is 10.6 Å². The number of anilines is 2. The van der Waals surface area contributed by atoms with Crippen molar-refractivity contribution < 1.29 is 0 Å². The van der Waals surface area contributed by atoms with Crippen LogP contribution in [0.1, 0.15) is 33.1 Å². The van der Waals surface area contributed by atoms with Crippen LogP contribution in [-0.2, 0) is 0 Å². The highest BCUT2D eigenvalue weighted by molar-refractivity contribution is 7.18. The predicted octanol–water partition coefficient (Wildman–Crippen LogP) is 1.89. The van der Waals surface area contributed by atoms with E-state index in [0.717, 1.165) is 5.13 Å². The second-order valence-corrected chi connectivity index (χ2v) is 4.95. The molecule has 1 fully saturated rings. The van der Waals surface area contributed by atoms with Crippen molar-refractivity contribution in [3.63, 3.8) is 0 Å². The zero-order chi connectivity index (χ0) is 10.1. The number of aromatic nitrogens is 2. The van der Waals surface area contributed by atoms with Crippen molar-refractivity contribution in [2.24, 2.45) is 0 Å². The van der Waals surface area contributed by atoms with E-state index in [2.05, 4.69) is 28.9 Å². The molecule has 1 aliphatic heterocycles. The minimum absolute atomic E-state index is 0.560. The minimum Gasteiger partial charge on any atom is -0.374 e. The first-order valence-electron chi connectivity index (χ1n) is 5.06. The van der Waals surface area contributed by atoms with Crippen LogP contribution < -0.4 is 10.6 Å². The van der Waals surface area contributed by atoms with Gasteiger partial charge >= 0.3 is 0 Å². The molecule has 5 heteroatoms. The molecule has 1 aromatic rings. The molecule has 14 heavy (non-hydrogen) atoms. The average molecular weight is 212 g/mol. The van der Waals surface area contributed by atoms with Gasteiger partial charge in [-0.15, -0.1) is 10.2 Å². The fourth-order valence-electron chi connectivity index (χ4n) is 2.13. The van der Waals surface area contributed by atoms with Gasteiger partial charge in [0, 0.05) is 12.1 Å². The van der Waals surface area contributed by atoms with Crippen LogP contribution >= 0.6 is 11.3 Å². The molecule has 2 atom stereocenters. The van der Waals surface area contributed by atoms with Crippen LogP contribution in [0, 0.1) is 0 Å². The molecule has 1 aromatic heterocycles. The fourth-order valence-corrected chi connectivity index (χ4v) is 2.94. The lowest BCUT2D eigenvalue weighted by atomic mass is 9.98. The number of nitrogens with zero attached hydrogens (tertiary/aromatic N) is 3. The summed E-state index contributed by atoms with van der Waals surface area (Å²) in [6.07, 6.45) is 3.79. The normalized spacial score (nSPS) is 28.0. The summed E-state index contributed by atoms with van der Waals surface area (Å²) < 4.78 is 0. The lowest BCUT2D eigenvalue weighted by Gasteiger charge is -2.38. The molecule has 0 bridgehead atoms. The monoisotopic (exact) mass is 212 g/mol. The Hall–Kier alpha value is -0.840. The van der Waals surface area contributed by atoms with E-state index in [1.807, 2.05) is 0 Å². The molecule has 0 unspecified atom stereocenters. The van der Waals surface area contributed by atoms with Crippen molar-refractivity contribution in [1.82, 2.24) is 10.2 Å². The number of nitrogen functional groups attached to an aromatic ring is 1. The number of hydrogen-bond acceptors (Lipinski definition) is 5. The third-order valence-electron chi connectivity index (χ3n) is 2.84. The molecule has 0 saturated carbocycles. The van der Waals surface area contributed by atoms with Gasteiger partial charge in [0.15, 0.2) is 0 Å². The van der Waals surface area contributed by atoms with Gasteiger partial charge in [-0.2, -0.15) is 0 Å². The van der Waals surface area contributed by atoms with Gasteiger partial charge in [-0.25, -0.2) is 0 Å². The standard InChI is InChI=1S/C9H16N4S/c1-6-4-3-5-7(2)13(6)9-12-11-8(10)14-9/h6-7H,3-5H2,1-2H3,(H2,10,11)/t6-,7-/m0/s1. The van der Waals surface area contributed by atoms with E-state index >= 15 is 0 Å². The highest BCUT2D eigenvalue weighted by atomic mass is 32.1. The summed E-state index contributed by atoms with van der Waals surface area (Å²) in [6, 6.07) is 1.12. The Morgan fingerprint density at radius 3 is 2.43 bits per heavy atom. The van der Waals surface area contributed by atoms with Crippen molar-refractivity contribution in [3.8, 4) is 0 Å². The quantitative estimate of drug-likeness (QED) is 0.772. The molecule has 1 aliphatic rings. The Kier molecular flexibility index (Phi) is 2.58. The molecule has 1 saturated heterocycles. The Labute approximate surface area is 88.1 Å². The van der Waals surface area contributed by atoms with Gasteiger partial charge in [0.1, 0.15) is 0 Å². The zero-order valence-corrected chi connectivity index (χ0v) is 9.42. The molecule has 2 heterocycles. The summed E-state index contributed by atoms with van der Waals surface area (Å²) in [5.41, 5.74) is 5.59. The lowest BCUT2D eigenvalue weighted by Crippen LogP contribution is -2.43. The maximum atomic E-state index is 5.59. The fraction of sp³-hybridized carbons (Fsp3) is 0.778. The van der Waals surface area contributed by atoms with Gasteiger partial charge in [0.2, 0.25) is 10.3 Å². The van der Waals surface area contributed by atoms with Gasteiger partial charge in [-0.3, -0.25) is 0 Å². The maximum Gasteiger partial charge on any atom is 0.210 e. The first-order chi connectivity index (χ1) is 6.68. The highest BCUT2D eigenvalue weighted by Gasteiger charge is 2.27. The van der Waals surface area contributed by atoms with Crippen molar-refractivity contribution in [1.29, 1.82) is 0 Å². The van der Waals surface area contributed by atoms with Crippen molar-refractivity contribution in [3.05, 3.63) is 0 Å². The molecule has 2 N–H and O–H groups in total. The summed E-state index contributed by atoms with van der Waals surface area (Å²) in [5, 5.41) is 9.51. The third kappa shape index (κ3) is 1.68. The van der Waals surface area contributed by atoms with E-state index in [-0.39, 0.29) is 0 Å². The van der Waals surface area contributed by atoms with Gasteiger partial charge in [0.25, 0.3) is 0 Å². The Balaban J connectivity index is 2.22. The zero-order valence-electron chi connectivity index (χ0n) is 8.60. The Morgan fingerprint density at radius 1 is 1.29 bits per heavy atom. The van der Waals surface area contributed by atoms with E-state index in [1.165, 1.54) is 30.6 Å². The highest BCUT2D eigenvalue weighted by Crippen LogP contribution is 2.31. The molecule has 0 radical (unpaired) electrons. The lowest BCUT2D eigenvalue weighted by molar-refractivity contribution is 0.413. The van der Waals surface area contributed by atoms with E-state index in [9.17, 15) is 0 Å². The van der Waals surface area contributed by atoms with E-state index in [4.69, 9.17) is 5.73 Å². The summed E-state index contributed by atoms with van der Waals surface area (Å²) in [6.45, 7) is 4.49. The van der Waals surface area contributed by atoms with Crippen LogP contribution in [-0.4, -0.2) is 22.3 Å². The first-order valence-corrected chi connectivity index (χ1v) is 5.87. The van der Waals surface area contributed by atoms with Crippen LogP contribution in [0.2, 0.25) is 0 Å². The molecule has 0 spiro atoms. The smallest absolute Gasteiger partial charge is 0.210 e. The molecule has 2 rings (SSSR count). The molecular weight excluding hydrogens is 196 g/mol. The first kappa shape index (κ1) is 9.71. The molecule has 0 amide bonds. The summed E-state index contributed by atoms with van der Waals surface area (Å²) in [5.74, 6) is 0. The van der Waals surface area contributed by atoms with Gasteiger partial charge in [0.05, 0.1) is 0 Å². The SMILES string of the molecule is C[C@H]1CCC[C@H](C)N1c1nnc(N)s1. The van der Waals surface area contributed by atoms with Gasteiger partial charge in [-0.1, -0.05) is 11.3 Å². The largest absolute Gasteiger partial charge is 0.374 e. The number of rotatable bonds is 1. The van der Waals surface area contributed by atoms with Crippen LogP contribution in [0.4, 0.5) is 10.3 Å². The number of nitrogens with two attached hydrogens (primary N) is 1. The van der Waals surface area contributed by atoms with Crippen LogP contribution in [0.5, 0.6) is 0 Å². The van der Waals surface area contributed by atoms with E-state index in [0.29, 0.717) is 17.2 Å². The maximum absolute atomic E-state index is 5.59. The summed E-state index contributed by atoms with van der Waals surface area (Å²) in [7, 11) is 0. The van der Waals surface area contributed by atoms with Crippen molar-refractivity contribution >= 4 is 21.6 Å². The second kappa shape index (κ2) is 3.73. The second-order valence-electron chi connectivity index (χ2n) is 3.96. The van der Waals surface area contributed by atoms with Gasteiger partial charge in [-0.05, 0) is 33.1 Å². The Morgan fingerprint density at radius 2 is 1.93 bits per heavy atom. The molecule has 0 aromatic carbocycles. The average Bonchev–Trinajstić information content (AvgIpc) is 2.51. The van der Waals surface area contributed by atoms with Crippen molar-refractivity contribution in [2.45, 2.75) is 45.2 Å². The topological polar surface area (TPSA) is 55.0 Å². The van der Waals surface area contributed by atoms with Crippen LogP contribution in [0.15, 0.2) is 0 Å². The summed E-state index contributed by atoms with van der Waals surface area (Å²) >= 11 is 1.48. The summed E-state index contributed by atoms with van der Waals surface area (Å²) in [4.78, 5) is 2.34. The van der Waals surface area contributed by atoms with Gasteiger partial charge < -0.3 is 10.6 Å². The molecular formula is C9H16N4S. The van der Waals surface area contributed by atoms with E-state index in [1.54, 1.807) is 0 Å². The molecule has 4 nitrogen and oxygen atoms in total. The molecule has 0 aliphatic carbocycles. The van der Waals surface area contributed by atoms with E-state index < -0.39 is 0 Å². The Bertz CT molecular complexity index is 302. The van der Waals surface area contributed by atoms with Crippen LogP contribution in [0.3, 0.4) is 0 Å². The third-order valence-corrected chi connectivity index (χ3v) is 3.61. The minimum atomic E-state index is 0.560. The molecule has 78 valence electrons. The predicted molar refractivity (Wildman–Crippen MR) is 59.6 cm³/mol. The number of hydrogen-bond donors (Lipinski definition) is 1. The van der Waals surface area contributed by atoms with Crippen LogP contribution in [0.25, 0.3) is 0 Å².